The standard InChI is InChI=1S/C63H46N4/c1-6-20-43(21-7-1)54-42-55(65-63(64-54)50-38-40-51(41-39-50)67-56-32-18-16-30-52(56)53-31-17-19-33-57(53)67)44-34-36-47(37-35-44)58-59(45-22-8-2-9-23-45)61(48-26-12-4-13-27-48)66-62(49-28-14-5-15-29-49)60(58)46-24-10-3-11-25-46/h1-42,54,61,66H,(H,64,65). The van der Waals surface area contributed by atoms with E-state index in [1.807, 2.05) is 0 Å². The maximum absolute atomic E-state index is 5.39. The smallest absolute Gasteiger partial charge is 0.134 e. The third kappa shape index (κ3) is 7.45. The Labute approximate surface area is 391 Å². The van der Waals surface area contributed by atoms with Crippen LogP contribution >= 0.6 is 0 Å². The number of nitrogens with zero attached hydrogens (tertiary/aromatic N) is 2. The van der Waals surface area contributed by atoms with Crippen LogP contribution in [0.3, 0.4) is 0 Å². The highest BCUT2D eigenvalue weighted by molar-refractivity contribution is 6.24. The molecule has 10 aromatic rings. The summed E-state index contributed by atoms with van der Waals surface area (Å²) in [6.07, 6.45) is 2.26. The Morgan fingerprint density at radius 3 is 1.42 bits per heavy atom. The molecule has 0 saturated carbocycles. The molecule has 2 atom stereocenters. The first-order valence-corrected chi connectivity index (χ1v) is 23.0. The maximum atomic E-state index is 5.39. The Bertz CT molecular complexity index is 3460. The summed E-state index contributed by atoms with van der Waals surface area (Å²) < 4.78 is 2.36. The van der Waals surface area contributed by atoms with Crippen LogP contribution in [0.15, 0.2) is 260 Å². The number of fused-ring (bicyclic) bond motifs is 3. The number of allylic oxidation sites excluding steroid dienone is 2. The quantitative estimate of drug-likeness (QED) is 0.152. The number of hydrogen-bond donors (Lipinski definition) is 2. The van der Waals surface area contributed by atoms with E-state index in [1.165, 1.54) is 55.2 Å². The second kappa shape index (κ2) is 17.3. The normalized spacial score (nSPS) is 16.1. The average molecular weight is 859 g/mol. The van der Waals surface area contributed by atoms with Gasteiger partial charge in [-0.15, -0.1) is 0 Å². The van der Waals surface area contributed by atoms with Gasteiger partial charge in [0.25, 0.3) is 0 Å². The number of rotatable bonds is 9. The van der Waals surface area contributed by atoms with Gasteiger partial charge < -0.3 is 15.2 Å². The molecule has 9 aromatic carbocycles. The molecule has 0 saturated heterocycles. The van der Waals surface area contributed by atoms with Crippen molar-refractivity contribution in [2.75, 3.05) is 0 Å². The van der Waals surface area contributed by atoms with E-state index >= 15 is 0 Å². The fourth-order valence-electron chi connectivity index (χ4n) is 10.0. The largest absolute Gasteiger partial charge is 0.373 e. The molecular formula is C63H46N4. The highest BCUT2D eigenvalue weighted by Gasteiger charge is 2.33. The summed E-state index contributed by atoms with van der Waals surface area (Å²) in [5, 5.41) is 10.4. The number of para-hydroxylation sites is 2. The Kier molecular flexibility index (Phi) is 10.3. The molecule has 0 fully saturated rings. The zero-order valence-electron chi connectivity index (χ0n) is 36.8. The van der Waals surface area contributed by atoms with Gasteiger partial charge in [-0.1, -0.05) is 212 Å². The molecule has 67 heavy (non-hydrogen) atoms. The minimum atomic E-state index is -0.117. The minimum absolute atomic E-state index is 0.0788. The molecule has 0 bridgehead atoms. The lowest BCUT2D eigenvalue weighted by Gasteiger charge is -2.36. The third-order valence-electron chi connectivity index (χ3n) is 13.1. The molecule has 4 heteroatoms. The van der Waals surface area contributed by atoms with E-state index in [9.17, 15) is 0 Å². The Balaban J connectivity index is 0.995. The lowest BCUT2D eigenvalue weighted by atomic mass is 9.77. The molecule has 2 aliphatic heterocycles. The first-order valence-electron chi connectivity index (χ1n) is 23.0. The summed E-state index contributed by atoms with van der Waals surface area (Å²) >= 11 is 0. The number of amidine groups is 1. The number of aromatic nitrogens is 1. The van der Waals surface area contributed by atoms with Crippen LogP contribution in [0, 0.1) is 0 Å². The highest BCUT2D eigenvalue weighted by Crippen LogP contribution is 2.50. The molecular weight excluding hydrogens is 813 g/mol. The van der Waals surface area contributed by atoms with Gasteiger partial charge in [-0.05, 0) is 92.6 Å². The number of hydrogen-bond acceptors (Lipinski definition) is 3. The highest BCUT2D eigenvalue weighted by atomic mass is 15.1. The number of nitrogens with one attached hydrogen (secondary N) is 2. The third-order valence-corrected chi connectivity index (χ3v) is 13.1. The predicted octanol–water partition coefficient (Wildman–Crippen LogP) is 14.7. The Morgan fingerprint density at radius 2 is 0.821 bits per heavy atom. The summed E-state index contributed by atoms with van der Waals surface area (Å²) in [6.45, 7) is 0. The lowest BCUT2D eigenvalue weighted by molar-refractivity contribution is 0.781. The Morgan fingerprint density at radius 1 is 0.358 bits per heavy atom. The monoisotopic (exact) mass is 858 g/mol. The molecule has 12 rings (SSSR count). The van der Waals surface area contributed by atoms with Gasteiger partial charge in [0, 0.05) is 27.6 Å². The van der Waals surface area contributed by atoms with Crippen LogP contribution in [0.1, 0.15) is 56.6 Å². The van der Waals surface area contributed by atoms with E-state index in [-0.39, 0.29) is 12.1 Å². The molecule has 0 amide bonds. The van der Waals surface area contributed by atoms with Gasteiger partial charge in [-0.3, -0.25) is 0 Å². The average Bonchev–Trinajstić information content (AvgIpc) is 3.76. The fraction of sp³-hybridized carbons (Fsp3) is 0.0317. The van der Waals surface area contributed by atoms with Crippen molar-refractivity contribution in [2.24, 2.45) is 4.99 Å². The van der Waals surface area contributed by atoms with Gasteiger partial charge in [0.1, 0.15) is 5.84 Å². The number of aliphatic imine (C=N–C) groups is 1. The van der Waals surface area contributed by atoms with Crippen molar-refractivity contribution in [1.82, 2.24) is 15.2 Å². The first-order chi connectivity index (χ1) is 33.2. The number of dihydropyridines is 1. The van der Waals surface area contributed by atoms with Crippen molar-refractivity contribution in [3.8, 4) is 5.69 Å². The van der Waals surface area contributed by atoms with Crippen LogP contribution < -0.4 is 10.6 Å². The molecule has 3 heterocycles. The van der Waals surface area contributed by atoms with Crippen molar-refractivity contribution >= 4 is 55.8 Å². The molecule has 2 N–H and O–H groups in total. The van der Waals surface area contributed by atoms with E-state index in [4.69, 9.17) is 4.99 Å². The Hall–Kier alpha value is -8.73. The van der Waals surface area contributed by atoms with Gasteiger partial charge in [0.05, 0.1) is 34.5 Å². The van der Waals surface area contributed by atoms with E-state index in [1.54, 1.807) is 0 Å². The van der Waals surface area contributed by atoms with Crippen molar-refractivity contribution in [3.05, 3.63) is 299 Å². The van der Waals surface area contributed by atoms with Crippen molar-refractivity contribution in [3.63, 3.8) is 0 Å². The summed E-state index contributed by atoms with van der Waals surface area (Å²) in [5.41, 5.74) is 18.2. The van der Waals surface area contributed by atoms with Crippen LogP contribution in [0.4, 0.5) is 0 Å². The van der Waals surface area contributed by atoms with Crippen LogP contribution in [0.2, 0.25) is 0 Å². The van der Waals surface area contributed by atoms with Crippen LogP contribution in [0.5, 0.6) is 0 Å². The zero-order valence-corrected chi connectivity index (χ0v) is 36.8. The van der Waals surface area contributed by atoms with Gasteiger partial charge in [0.2, 0.25) is 0 Å². The van der Waals surface area contributed by atoms with Crippen LogP contribution in [-0.4, -0.2) is 10.4 Å². The lowest BCUT2D eigenvalue weighted by Crippen LogP contribution is -2.31. The van der Waals surface area contributed by atoms with Crippen LogP contribution in [-0.2, 0) is 0 Å². The topological polar surface area (TPSA) is 41.4 Å². The first kappa shape index (κ1) is 39.8. The van der Waals surface area contributed by atoms with Crippen LogP contribution in [0.25, 0.3) is 55.6 Å². The summed E-state index contributed by atoms with van der Waals surface area (Å²) in [6, 6.07) is 88.9. The molecule has 318 valence electrons. The van der Waals surface area contributed by atoms with Crippen molar-refractivity contribution in [2.45, 2.75) is 12.1 Å². The molecule has 0 aliphatic carbocycles. The molecule has 0 spiro atoms. The minimum Gasteiger partial charge on any atom is -0.373 e. The van der Waals surface area contributed by atoms with Crippen molar-refractivity contribution < 1.29 is 0 Å². The SMILES string of the molecule is C1=C(c2ccc(C3=C(c4ccccc4)C(c4ccccc4)NC(c4ccccc4)=C3c3ccccc3)cc2)N=C(c2ccc(-n3c4ccccc4c4ccccc43)cc2)NC1c1ccccc1. The van der Waals surface area contributed by atoms with E-state index in [0.29, 0.717) is 0 Å². The summed E-state index contributed by atoms with van der Waals surface area (Å²) in [7, 11) is 0. The molecule has 2 aliphatic rings. The van der Waals surface area contributed by atoms with E-state index < -0.39 is 0 Å². The second-order valence-corrected chi connectivity index (χ2v) is 17.2. The van der Waals surface area contributed by atoms with Gasteiger partial charge >= 0.3 is 0 Å². The molecule has 4 nitrogen and oxygen atoms in total. The van der Waals surface area contributed by atoms with E-state index in [0.717, 1.165) is 50.7 Å². The molecule has 0 radical (unpaired) electrons. The van der Waals surface area contributed by atoms with E-state index in [2.05, 4.69) is 270 Å². The van der Waals surface area contributed by atoms with Gasteiger partial charge in [0.15, 0.2) is 0 Å². The molecule has 2 unspecified atom stereocenters. The zero-order chi connectivity index (χ0) is 44.5. The summed E-state index contributed by atoms with van der Waals surface area (Å²) in [4.78, 5) is 5.39. The van der Waals surface area contributed by atoms with Crippen molar-refractivity contribution in [1.29, 1.82) is 0 Å². The van der Waals surface area contributed by atoms with Gasteiger partial charge in [-0.25, -0.2) is 4.99 Å². The predicted molar refractivity (Wildman–Crippen MR) is 279 cm³/mol. The summed E-state index contributed by atoms with van der Waals surface area (Å²) in [5.74, 6) is 0.837. The maximum Gasteiger partial charge on any atom is 0.134 e. The number of benzene rings is 9. The molecule has 1 aromatic heterocycles. The van der Waals surface area contributed by atoms with Gasteiger partial charge in [-0.2, -0.15) is 0 Å². The second-order valence-electron chi connectivity index (χ2n) is 17.2. The fourth-order valence-corrected chi connectivity index (χ4v) is 10.0.